The third kappa shape index (κ3) is 3.35. The predicted octanol–water partition coefficient (Wildman–Crippen LogP) is 3.97. The fourth-order valence-corrected chi connectivity index (χ4v) is 1.77. The molecule has 0 aliphatic rings. The number of carbonyl (C=O) groups is 1. The standard InChI is InChI=1S/C14H12ClFN2O3/c1-18(14(19)20)13-7-9(3-5-12(13)17)21-8-2-4-10(15)11(16)6-8/h2-7H,17H2,1H3,(H,19,20). The largest absolute Gasteiger partial charge is 0.465 e. The Morgan fingerprint density at radius 1 is 1.29 bits per heavy atom. The molecule has 21 heavy (non-hydrogen) atoms. The summed E-state index contributed by atoms with van der Waals surface area (Å²) in [5, 5.41) is 8.96. The van der Waals surface area contributed by atoms with E-state index in [2.05, 4.69) is 0 Å². The molecule has 2 aromatic rings. The Morgan fingerprint density at radius 2 is 1.90 bits per heavy atom. The van der Waals surface area contributed by atoms with Crippen LogP contribution in [0.1, 0.15) is 0 Å². The smallest absolute Gasteiger partial charge is 0.411 e. The lowest BCUT2D eigenvalue weighted by atomic mass is 10.2. The molecule has 0 spiro atoms. The van der Waals surface area contributed by atoms with Gasteiger partial charge in [-0.25, -0.2) is 9.18 Å². The van der Waals surface area contributed by atoms with Crippen LogP contribution in [-0.4, -0.2) is 18.2 Å². The molecule has 0 heterocycles. The van der Waals surface area contributed by atoms with Gasteiger partial charge in [0.1, 0.15) is 17.3 Å². The number of nitrogens with zero attached hydrogens (tertiary/aromatic N) is 1. The average molecular weight is 311 g/mol. The highest BCUT2D eigenvalue weighted by molar-refractivity contribution is 6.30. The second kappa shape index (κ2) is 5.88. The highest BCUT2D eigenvalue weighted by Crippen LogP contribution is 2.31. The number of carboxylic acid groups (broad SMARTS) is 1. The Kier molecular flexibility index (Phi) is 4.18. The molecule has 2 rings (SSSR count). The van der Waals surface area contributed by atoms with Crippen LogP contribution in [0, 0.1) is 5.82 Å². The summed E-state index contributed by atoms with van der Waals surface area (Å²) in [6.07, 6.45) is -1.16. The van der Waals surface area contributed by atoms with Crippen molar-refractivity contribution in [3.63, 3.8) is 0 Å². The molecule has 0 saturated carbocycles. The van der Waals surface area contributed by atoms with Crippen molar-refractivity contribution in [3.05, 3.63) is 47.2 Å². The van der Waals surface area contributed by atoms with Crippen LogP contribution in [0.3, 0.4) is 0 Å². The Labute approximate surface area is 125 Å². The number of anilines is 2. The Balaban J connectivity index is 2.30. The molecule has 5 nitrogen and oxygen atoms in total. The van der Waals surface area contributed by atoms with Crippen LogP contribution in [-0.2, 0) is 0 Å². The van der Waals surface area contributed by atoms with Gasteiger partial charge in [-0.15, -0.1) is 0 Å². The van der Waals surface area contributed by atoms with E-state index in [0.717, 1.165) is 11.0 Å². The first-order valence-electron chi connectivity index (χ1n) is 5.87. The van der Waals surface area contributed by atoms with Crippen LogP contribution in [0.15, 0.2) is 36.4 Å². The van der Waals surface area contributed by atoms with Gasteiger partial charge in [0, 0.05) is 19.2 Å². The van der Waals surface area contributed by atoms with Crippen molar-refractivity contribution in [1.82, 2.24) is 0 Å². The summed E-state index contributed by atoms with van der Waals surface area (Å²) >= 11 is 5.59. The maximum Gasteiger partial charge on any atom is 0.411 e. The van der Waals surface area contributed by atoms with E-state index in [1.807, 2.05) is 0 Å². The molecule has 0 radical (unpaired) electrons. The van der Waals surface area contributed by atoms with Gasteiger partial charge >= 0.3 is 6.09 Å². The highest BCUT2D eigenvalue weighted by atomic mass is 35.5. The van der Waals surface area contributed by atoms with E-state index < -0.39 is 11.9 Å². The number of nitrogen functional groups attached to an aromatic ring is 1. The molecular formula is C14H12ClFN2O3. The van der Waals surface area contributed by atoms with E-state index in [1.165, 1.54) is 31.3 Å². The molecule has 2 aromatic carbocycles. The fourth-order valence-electron chi connectivity index (χ4n) is 1.66. The minimum atomic E-state index is -1.16. The Bertz CT molecular complexity index is 694. The molecule has 0 aromatic heterocycles. The molecule has 7 heteroatoms. The van der Waals surface area contributed by atoms with Gasteiger partial charge in [-0.2, -0.15) is 0 Å². The topological polar surface area (TPSA) is 75.8 Å². The van der Waals surface area contributed by atoms with E-state index >= 15 is 0 Å². The molecule has 0 saturated heterocycles. The van der Waals surface area contributed by atoms with Gasteiger partial charge in [-0.1, -0.05) is 11.6 Å². The van der Waals surface area contributed by atoms with E-state index in [0.29, 0.717) is 5.75 Å². The van der Waals surface area contributed by atoms with Gasteiger partial charge < -0.3 is 15.6 Å². The number of hydrogen-bond acceptors (Lipinski definition) is 3. The van der Waals surface area contributed by atoms with Crippen LogP contribution < -0.4 is 15.4 Å². The third-order valence-corrected chi connectivity index (χ3v) is 3.08. The lowest BCUT2D eigenvalue weighted by Gasteiger charge is -2.17. The first-order valence-corrected chi connectivity index (χ1v) is 6.25. The fraction of sp³-hybridized carbons (Fsp3) is 0.0714. The van der Waals surface area contributed by atoms with E-state index in [1.54, 1.807) is 6.07 Å². The first-order chi connectivity index (χ1) is 9.88. The van der Waals surface area contributed by atoms with Crippen LogP contribution in [0.5, 0.6) is 11.5 Å². The summed E-state index contributed by atoms with van der Waals surface area (Å²) in [4.78, 5) is 11.9. The normalized spacial score (nSPS) is 10.2. The maximum absolute atomic E-state index is 13.3. The Hall–Kier alpha value is -2.47. The van der Waals surface area contributed by atoms with Crippen molar-refractivity contribution in [1.29, 1.82) is 0 Å². The first kappa shape index (κ1) is 14.9. The van der Waals surface area contributed by atoms with Gasteiger partial charge in [0.15, 0.2) is 0 Å². The van der Waals surface area contributed by atoms with E-state index in [4.69, 9.17) is 27.2 Å². The van der Waals surface area contributed by atoms with Crippen molar-refractivity contribution in [2.24, 2.45) is 0 Å². The Morgan fingerprint density at radius 3 is 2.52 bits per heavy atom. The van der Waals surface area contributed by atoms with Crippen LogP contribution in [0.25, 0.3) is 0 Å². The third-order valence-electron chi connectivity index (χ3n) is 2.78. The lowest BCUT2D eigenvalue weighted by molar-refractivity contribution is 0.203. The van der Waals surface area contributed by atoms with Crippen molar-refractivity contribution >= 4 is 29.1 Å². The second-order valence-electron chi connectivity index (χ2n) is 4.24. The highest BCUT2D eigenvalue weighted by Gasteiger charge is 2.13. The zero-order chi connectivity index (χ0) is 15.6. The number of nitrogens with two attached hydrogens (primary N) is 1. The second-order valence-corrected chi connectivity index (χ2v) is 4.65. The predicted molar refractivity (Wildman–Crippen MR) is 78.8 cm³/mol. The van der Waals surface area contributed by atoms with E-state index in [-0.39, 0.29) is 22.1 Å². The molecule has 0 aliphatic carbocycles. The van der Waals surface area contributed by atoms with Crippen LogP contribution in [0.2, 0.25) is 5.02 Å². The van der Waals surface area contributed by atoms with Gasteiger partial charge in [0.2, 0.25) is 0 Å². The lowest BCUT2D eigenvalue weighted by Crippen LogP contribution is -2.24. The van der Waals surface area contributed by atoms with Crippen molar-refractivity contribution in [2.45, 2.75) is 0 Å². The van der Waals surface area contributed by atoms with E-state index in [9.17, 15) is 9.18 Å². The molecule has 0 aliphatic heterocycles. The monoisotopic (exact) mass is 310 g/mol. The summed E-state index contributed by atoms with van der Waals surface area (Å²) in [5.74, 6) is -0.0351. The number of benzene rings is 2. The average Bonchev–Trinajstić information content (AvgIpc) is 2.44. The van der Waals surface area contributed by atoms with Crippen LogP contribution in [0.4, 0.5) is 20.6 Å². The molecule has 0 unspecified atom stereocenters. The van der Waals surface area contributed by atoms with Gasteiger partial charge in [0.25, 0.3) is 0 Å². The summed E-state index contributed by atoms with van der Waals surface area (Å²) in [7, 11) is 1.36. The number of rotatable bonds is 3. The minimum absolute atomic E-state index is 0.00837. The molecule has 110 valence electrons. The van der Waals surface area contributed by atoms with Crippen molar-refractivity contribution in [3.8, 4) is 11.5 Å². The zero-order valence-corrected chi connectivity index (χ0v) is 11.8. The summed E-state index contributed by atoms with van der Waals surface area (Å²) in [6, 6.07) is 8.53. The molecule has 0 bridgehead atoms. The zero-order valence-electron chi connectivity index (χ0n) is 11.0. The van der Waals surface area contributed by atoms with Crippen molar-refractivity contribution in [2.75, 3.05) is 17.7 Å². The minimum Gasteiger partial charge on any atom is -0.465 e. The quantitative estimate of drug-likeness (QED) is 0.841. The molecule has 0 fully saturated rings. The SMILES string of the molecule is CN(C(=O)O)c1cc(Oc2ccc(Cl)c(F)c2)ccc1N. The molecular weight excluding hydrogens is 299 g/mol. The number of ether oxygens (including phenoxy) is 1. The molecule has 1 amide bonds. The van der Waals surface area contributed by atoms with Crippen molar-refractivity contribution < 1.29 is 19.0 Å². The summed E-state index contributed by atoms with van der Waals surface area (Å²) in [5.41, 5.74) is 6.29. The molecule has 3 N–H and O–H groups in total. The van der Waals surface area contributed by atoms with Gasteiger partial charge in [-0.3, -0.25) is 4.90 Å². The number of hydrogen-bond donors (Lipinski definition) is 2. The van der Waals surface area contributed by atoms with Gasteiger partial charge in [0.05, 0.1) is 16.4 Å². The summed E-state index contributed by atoms with van der Waals surface area (Å²) < 4.78 is 18.8. The van der Waals surface area contributed by atoms with Crippen LogP contribution >= 0.6 is 11.6 Å². The number of halogens is 2. The maximum atomic E-state index is 13.3. The molecule has 0 atom stereocenters. The summed E-state index contributed by atoms with van der Waals surface area (Å²) in [6.45, 7) is 0. The number of amides is 1. The van der Waals surface area contributed by atoms with Gasteiger partial charge in [-0.05, 0) is 24.3 Å².